The van der Waals surface area contributed by atoms with Crippen LogP contribution in [0.1, 0.15) is 41.7 Å². The summed E-state index contributed by atoms with van der Waals surface area (Å²) in [5.74, 6) is 2.95. The van der Waals surface area contributed by atoms with Gasteiger partial charge in [-0.1, -0.05) is 13.0 Å². The summed E-state index contributed by atoms with van der Waals surface area (Å²) >= 11 is 1.73. The van der Waals surface area contributed by atoms with Crippen molar-refractivity contribution >= 4 is 23.3 Å². The van der Waals surface area contributed by atoms with Crippen LogP contribution in [0.3, 0.4) is 0 Å². The Morgan fingerprint density at radius 1 is 1.37 bits per heavy atom. The van der Waals surface area contributed by atoms with Crippen molar-refractivity contribution in [1.82, 2.24) is 10.2 Å². The molecule has 1 saturated heterocycles. The van der Waals surface area contributed by atoms with Crippen LogP contribution in [-0.4, -0.2) is 43.7 Å². The van der Waals surface area contributed by atoms with Crippen LogP contribution in [0.15, 0.2) is 40.1 Å². The molecule has 2 aromatic heterocycles. The predicted molar refractivity (Wildman–Crippen MR) is 107 cm³/mol. The Hall–Kier alpha value is -1.89. The average Bonchev–Trinajstić information content (AvgIpc) is 3.10. The fraction of sp³-hybridized carbons (Fsp3) is 0.476. The monoisotopic (exact) mass is 386 g/mol. The number of furan rings is 1. The van der Waals surface area contributed by atoms with Crippen molar-refractivity contribution in [1.29, 1.82) is 0 Å². The lowest BCUT2D eigenvalue weighted by Crippen LogP contribution is -2.43. The molecule has 0 spiro atoms. The number of amides is 1. The molecule has 2 aliphatic rings. The molecule has 3 heterocycles. The first-order valence-electron chi connectivity index (χ1n) is 9.61. The molecule has 1 saturated carbocycles. The predicted octanol–water partition coefficient (Wildman–Crippen LogP) is 3.67. The topological polar surface area (TPSA) is 54.7 Å². The van der Waals surface area contributed by atoms with E-state index in [1.807, 2.05) is 12.1 Å². The molecule has 1 aliphatic carbocycles. The van der Waals surface area contributed by atoms with Crippen LogP contribution in [0.4, 0.5) is 0 Å². The quantitative estimate of drug-likeness (QED) is 0.738. The van der Waals surface area contributed by atoms with Gasteiger partial charge in [-0.3, -0.25) is 9.69 Å². The zero-order valence-electron chi connectivity index (χ0n) is 15.6. The molecular weight excluding hydrogens is 360 g/mol. The van der Waals surface area contributed by atoms with Gasteiger partial charge < -0.3 is 14.5 Å². The molecule has 0 bridgehead atoms. The van der Waals surface area contributed by atoms with Gasteiger partial charge in [0.15, 0.2) is 0 Å². The lowest BCUT2D eigenvalue weighted by atomic mass is 10.2. The minimum Gasteiger partial charge on any atom is -0.461 e. The third kappa shape index (κ3) is 4.69. The molecule has 0 aromatic carbocycles. The third-order valence-corrected chi connectivity index (χ3v) is 6.32. The van der Waals surface area contributed by atoms with Crippen molar-refractivity contribution in [3.05, 3.63) is 52.1 Å². The van der Waals surface area contributed by atoms with Crippen molar-refractivity contribution in [2.24, 2.45) is 5.92 Å². The fourth-order valence-corrected chi connectivity index (χ4v) is 4.43. The number of morpholine rings is 1. The Bertz CT molecular complexity index is 777. The largest absolute Gasteiger partial charge is 0.461 e. The maximum Gasteiger partial charge on any atom is 0.244 e. The first-order valence-corrected chi connectivity index (χ1v) is 10.5. The fourth-order valence-electron chi connectivity index (χ4n) is 3.57. The van der Waals surface area contributed by atoms with Crippen LogP contribution in [0.2, 0.25) is 0 Å². The average molecular weight is 387 g/mol. The number of carbonyl (C=O) groups is 1. The van der Waals surface area contributed by atoms with E-state index in [0.717, 1.165) is 37.8 Å². The lowest BCUT2D eigenvalue weighted by molar-refractivity contribution is -0.116. The van der Waals surface area contributed by atoms with E-state index in [-0.39, 0.29) is 11.9 Å². The molecule has 3 unspecified atom stereocenters. The minimum atomic E-state index is -0.0949. The van der Waals surface area contributed by atoms with E-state index < -0.39 is 0 Å². The Balaban J connectivity index is 1.33. The first-order chi connectivity index (χ1) is 13.2. The Kier molecular flexibility index (Phi) is 5.76. The van der Waals surface area contributed by atoms with Gasteiger partial charge in [-0.25, -0.2) is 0 Å². The second-order valence-electron chi connectivity index (χ2n) is 7.32. The van der Waals surface area contributed by atoms with E-state index in [9.17, 15) is 4.79 Å². The van der Waals surface area contributed by atoms with Crippen LogP contribution in [0.25, 0.3) is 6.08 Å². The number of nitrogens with zero attached hydrogens (tertiary/aromatic N) is 1. The van der Waals surface area contributed by atoms with Gasteiger partial charge >= 0.3 is 0 Å². The van der Waals surface area contributed by atoms with Gasteiger partial charge in [0.25, 0.3) is 0 Å². The van der Waals surface area contributed by atoms with Crippen molar-refractivity contribution in [3.8, 4) is 0 Å². The summed E-state index contributed by atoms with van der Waals surface area (Å²) in [6.07, 6.45) is 4.51. The summed E-state index contributed by atoms with van der Waals surface area (Å²) in [7, 11) is 0. The van der Waals surface area contributed by atoms with E-state index in [4.69, 9.17) is 9.15 Å². The second kappa shape index (κ2) is 8.42. The Morgan fingerprint density at radius 2 is 2.19 bits per heavy atom. The molecule has 5 nitrogen and oxygen atoms in total. The number of rotatable bonds is 7. The van der Waals surface area contributed by atoms with E-state index in [1.54, 1.807) is 23.5 Å². The zero-order chi connectivity index (χ0) is 18.6. The maximum atomic E-state index is 12.3. The van der Waals surface area contributed by atoms with E-state index in [2.05, 4.69) is 34.7 Å². The molecule has 1 N–H and O–H groups in total. The number of ether oxygens (including phenoxy) is 1. The van der Waals surface area contributed by atoms with Crippen LogP contribution < -0.4 is 5.32 Å². The van der Waals surface area contributed by atoms with Gasteiger partial charge in [0.05, 0.1) is 19.3 Å². The summed E-state index contributed by atoms with van der Waals surface area (Å²) in [5.41, 5.74) is 0. The van der Waals surface area contributed by atoms with Crippen molar-refractivity contribution in [2.45, 2.75) is 25.3 Å². The molecule has 27 heavy (non-hydrogen) atoms. The highest BCUT2D eigenvalue weighted by molar-refractivity contribution is 7.10. The molecule has 6 heteroatoms. The molecule has 0 radical (unpaired) electrons. The third-order valence-electron chi connectivity index (χ3n) is 5.35. The number of thiophene rings is 1. The van der Waals surface area contributed by atoms with Crippen LogP contribution in [-0.2, 0) is 9.53 Å². The highest BCUT2D eigenvalue weighted by Gasteiger charge is 2.36. The van der Waals surface area contributed by atoms with Gasteiger partial charge in [0.1, 0.15) is 11.5 Å². The van der Waals surface area contributed by atoms with Crippen molar-refractivity contribution in [2.75, 3.05) is 32.8 Å². The highest BCUT2D eigenvalue weighted by Crippen LogP contribution is 2.47. The summed E-state index contributed by atoms with van der Waals surface area (Å²) in [6.45, 7) is 6.10. The Labute approximate surface area is 164 Å². The number of hydrogen-bond acceptors (Lipinski definition) is 5. The van der Waals surface area contributed by atoms with E-state index in [0.29, 0.717) is 18.4 Å². The summed E-state index contributed by atoms with van der Waals surface area (Å²) in [5, 5.41) is 5.13. The standard InChI is InChI=1S/C21H26N2O3S/c1-15-13-17(15)19-6-4-16(26-19)5-7-21(24)22-14-18(20-3-2-12-27-20)23-8-10-25-11-9-23/h2-7,12,15,17-18H,8-11,13-14H2,1H3,(H,22,24). The first kappa shape index (κ1) is 18.5. The number of carbonyl (C=O) groups excluding carboxylic acids is 1. The minimum absolute atomic E-state index is 0.0949. The molecule has 2 aromatic rings. The Morgan fingerprint density at radius 3 is 2.89 bits per heavy atom. The highest BCUT2D eigenvalue weighted by atomic mass is 32.1. The lowest BCUT2D eigenvalue weighted by Gasteiger charge is -2.34. The van der Waals surface area contributed by atoms with Crippen LogP contribution in [0, 0.1) is 5.92 Å². The summed E-state index contributed by atoms with van der Waals surface area (Å²) < 4.78 is 11.3. The van der Waals surface area contributed by atoms with Crippen LogP contribution >= 0.6 is 11.3 Å². The molecule has 2 fully saturated rings. The molecule has 144 valence electrons. The number of nitrogens with one attached hydrogen (secondary N) is 1. The SMILES string of the molecule is CC1CC1c1ccc(C=CC(=O)NCC(c2cccs2)N2CCOCC2)o1. The van der Waals surface area contributed by atoms with Crippen LogP contribution in [0.5, 0.6) is 0 Å². The van der Waals surface area contributed by atoms with Gasteiger partial charge in [-0.05, 0) is 42.0 Å². The van der Waals surface area contributed by atoms with Gasteiger partial charge in [0.2, 0.25) is 5.91 Å². The zero-order valence-corrected chi connectivity index (χ0v) is 16.4. The van der Waals surface area contributed by atoms with Gasteiger partial charge in [-0.2, -0.15) is 0 Å². The maximum absolute atomic E-state index is 12.3. The molecule has 4 rings (SSSR count). The number of hydrogen-bond donors (Lipinski definition) is 1. The molecule has 1 amide bonds. The van der Waals surface area contributed by atoms with E-state index in [1.165, 1.54) is 11.3 Å². The van der Waals surface area contributed by atoms with Gasteiger partial charge in [-0.15, -0.1) is 11.3 Å². The summed E-state index contributed by atoms with van der Waals surface area (Å²) in [4.78, 5) is 16.0. The summed E-state index contributed by atoms with van der Waals surface area (Å²) in [6, 6.07) is 8.35. The van der Waals surface area contributed by atoms with Gasteiger partial charge in [0, 0.05) is 36.5 Å². The second-order valence-corrected chi connectivity index (χ2v) is 8.30. The molecular formula is C21H26N2O3S. The van der Waals surface area contributed by atoms with Crippen molar-refractivity contribution < 1.29 is 13.9 Å². The smallest absolute Gasteiger partial charge is 0.244 e. The van der Waals surface area contributed by atoms with Crippen molar-refractivity contribution in [3.63, 3.8) is 0 Å². The molecule has 3 atom stereocenters. The van der Waals surface area contributed by atoms with E-state index >= 15 is 0 Å². The molecule has 1 aliphatic heterocycles. The normalized spacial score (nSPS) is 24.2.